The van der Waals surface area contributed by atoms with Gasteiger partial charge in [0.05, 0.1) is 18.9 Å². The van der Waals surface area contributed by atoms with Crippen molar-refractivity contribution in [3.8, 4) is 17.0 Å². The first kappa shape index (κ1) is 18.4. The summed E-state index contributed by atoms with van der Waals surface area (Å²) in [6.45, 7) is 1.29. The second-order valence-corrected chi connectivity index (χ2v) is 7.89. The molecule has 3 aromatic rings. The second-order valence-electron chi connectivity index (χ2n) is 7.89. The van der Waals surface area contributed by atoms with Crippen molar-refractivity contribution < 1.29 is 18.6 Å². The van der Waals surface area contributed by atoms with Crippen LogP contribution < -0.4 is 5.32 Å². The highest BCUT2D eigenvalue weighted by molar-refractivity contribution is 5.85. The smallest absolute Gasteiger partial charge is 0.242 e. The Hall–Kier alpha value is -2.58. The number of piperidine rings is 1. The summed E-state index contributed by atoms with van der Waals surface area (Å²) in [5, 5.41) is 22.8. The molecule has 0 aliphatic carbocycles. The second kappa shape index (κ2) is 7.35. The summed E-state index contributed by atoms with van der Waals surface area (Å²) in [6.07, 6.45) is -1.13. The molecule has 4 heterocycles. The number of aromatic hydroxyl groups is 1. The molecule has 8 heteroatoms. The summed E-state index contributed by atoms with van der Waals surface area (Å²) in [6, 6.07) is 9.04. The zero-order valence-corrected chi connectivity index (χ0v) is 15.7. The van der Waals surface area contributed by atoms with E-state index in [9.17, 15) is 13.9 Å². The molecule has 2 aliphatic heterocycles. The Morgan fingerprint density at radius 3 is 2.62 bits per heavy atom. The number of aromatic nitrogens is 3. The summed E-state index contributed by atoms with van der Waals surface area (Å²) >= 11 is 0. The standard InChI is InChI=1S/C21H22F2N4O2/c22-19(23)8-15-16-7-17(14-3-1-2-4-18(14)28)26-27-21(16)25-20(15)11-5-12-9-29-10-13(6-11)24-12/h1-4,7,11-13,19,24,28H,5-6,8-10H2,(H,25,27)/t11?,12-,13+. The van der Waals surface area contributed by atoms with Crippen molar-refractivity contribution in [3.05, 3.63) is 41.6 Å². The third-order valence-electron chi connectivity index (χ3n) is 5.89. The van der Waals surface area contributed by atoms with Crippen LogP contribution in [0.4, 0.5) is 8.78 Å². The number of benzene rings is 1. The zero-order chi connectivity index (χ0) is 20.0. The fourth-order valence-corrected chi connectivity index (χ4v) is 4.68. The first-order valence-corrected chi connectivity index (χ1v) is 9.87. The molecule has 0 saturated carbocycles. The molecule has 2 aliphatic rings. The monoisotopic (exact) mass is 400 g/mol. The predicted octanol–water partition coefficient (Wildman–Crippen LogP) is 3.37. The van der Waals surface area contributed by atoms with Gasteiger partial charge in [-0.15, -0.1) is 10.2 Å². The Bertz CT molecular complexity index is 1030. The molecule has 2 fully saturated rings. The lowest BCUT2D eigenvalue weighted by Gasteiger charge is -2.40. The Balaban J connectivity index is 1.60. The van der Waals surface area contributed by atoms with E-state index in [1.807, 2.05) is 0 Å². The maximum atomic E-state index is 13.5. The highest BCUT2D eigenvalue weighted by Crippen LogP contribution is 2.38. The quantitative estimate of drug-likeness (QED) is 0.626. The van der Waals surface area contributed by atoms with Crippen molar-refractivity contribution in [2.24, 2.45) is 0 Å². The summed E-state index contributed by atoms with van der Waals surface area (Å²) in [5.74, 6) is 0.227. The number of nitrogens with zero attached hydrogens (tertiary/aromatic N) is 2. The normalized spacial score (nSPS) is 24.3. The first-order chi connectivity index (χ1) is 14.1. The number of phenolic OH excluding ortho intramolecular Hbond substituents is 1. The van der Waals surface area contributed by atoms with E-state index in [-0.39, 0.29) is 30.2 Å². The van der Waals surface area contributed by atoms with Crippen LogP contribution in [-0.4, -0.2) is 52.0 Å². The van der Waals surface area contributed by atoms with Gasteiger partial charge in [0.2, 0.25) is 6.43 Å². The van der Waals surface area contributed by atoms with Crippen LogP contribution in [0.1, 0.15) is 30.0 Å². The fraction of sp³-hybridized carbons (Fsp3) is 0.429. The molecule has 2 saturated heterocycles. The van der Waals surface area contributed by atoms with Crippen LogP contribution in [0.2, 0.25) is 0 Å². The number of hydrogen-bond donors (Lipinski definition) is 3. The van der Waals surface area contributed by atoms with Crippen molar-refractivity contribution >= 4 is 11.0 Å². The van der Waals surface area contributed by atoms with E-state index in [4.69, 9.17) is 4.74 Å². The number of morpholine rings is 1. The van der Waals surface area contributed by atoms with Crippen LogP contribution in [0.15, 0.2) is 30.3 Å². The number of H-pyrrole nitrogens is 1. The fourth-order valence-electron chi connectivity index (χ4n) is 4.68. The molecule has 2 aromatic heterocycles. The Kier molecular flexibility index (Phi) is 4.67. The minimum Gasteiger partial charge on any atom is -0.507 e. The molecule has 0 amide bonds. The molecule has 6 nitrogen and oxygen atoms in total. The number of hydrogen-bond acceptors (Lipinski definition) is 5. The SMILES string of the molecule is Oc1ccccc1-c1cc2c(CC(F)F)c(C3C[C@H]4COC[C@@H](C3)N4)[nH]c2nn1. The summed E-state index contributed by atoms with van der Waals surface area (Å²) < 4.78 is 32.6. The van der Waals surface area contributed by atoms with Gasteiger partial charge in [0.25, 0.3) is 0 Å². The van der Waals surface area contributed by atoms with Crippen LogP contribution in [0.5, 0.6) is 5.75 Å². The van der Waals surface area contributed by atoms with Gasteiger partial charge in [-0.05, 0) is 36.6 Å². The van der Waals surface area contributed by atoms with Gasteiger partial charge in [-0.3, -0.25) is 0 Å². The van der Waals surface area contributed by atoms with Crippen molar-refractivity contribution in [3.63, 3.8) is 0 Å². The number of aromatic amines is 1. The van der Waals surface area contributed by atoms with Crippen LogP contribution >= 0.6 is 0 Å². The third-order valence-corrected chi connectivity index (χ3v) is 5.89. The van der Waals surface area contributed by atoms with Crippen LogP contribution in [0, 0.1) is 0 Å². The third kappa shape index (κ3) is 3.47. The van der Waals surface area contributed by atoms with Crippen molar-refractivity contribution in [2.45, 2.75) is 43.7 Å². The maximum absolute atomic E-state index is 13.5. The average Bonchev–Trinajstić information content (AvgIpc) is 3.05. The molecule has 5 rings (SSSR count). The van der Waals surface area contributed by atoms with E-state index in [0.29, 0.717) is 41.1 Å². The average molecular weight is 400 g/mol. The lowest BCUT2D eigenvalue weighted by atomic mass is 9.83. The van der Waals surface area contributed by atoms with Crippen molar-refractivity contribution in [1.29, 1.82) is 0 Å². The van der Waals surface area contributed by atoms with Crippen molar-refractivity contribution in [2.75, 3.05) is 13.2 Å². The Morgan fingerprint density at radius 2 is 1.90 bits per heavy atom. The van der Waals surface area contributed by atoms with Crippen LogP contribution in [0.25, 0.3) is 22.3 Å². The Labute approximate surface area is 166 Å². The van der Waals surface area contributed by atoms with Gasteiger partial charge in [-0.2, -0.15) is 0 Å². The number of alkyl halides is 2. The van der Waals surface area contributed by atoms with Crippen molar-refractivity contribution in [1.82, 2.24) is 20.5 Å². The zero-order valence-electron chi connectivity index (χ0n) is 15.7. The van der Waals surface area contributed by atoms with Gasteiger partial charge in [0, 0.05) is 41.1 Å². The molecule has 29 heavy (non-hydrogen) atoms. The molecule has 0 spiro atoms. The van der Waals surface area contributed by atoms with Gasteiger partial charge in [0.15, 0.2) is 5.65 Å². The first-order valence-electron chi connectivity index (χ1n) is 9.87. The molecule has 1 aromatic carbocycles. The van der Waals surface area contributed by atoms with E-state index in [0.717, 1.165) is 18.5 Å². The van der Waals surface area contributed by atoms with Gasteiger partial charge < -0.3 is 20.1 Å². The maximum Gasteiger partial charge on any atom is 0.242 e. The molecule has 0 radical (unpaired) electrons. The number of rotatable bonds is 4. The molecule has 152 valence electrons. The lowest BCUT2D eigenvalue weighted by Crippen LogP contribution is -2.53. The van der Waals surface area contributed by atoms with E-state index in [2.05, 4.69) is 20.5 Å². The van der Waals surface area contributed by atoms with Gasteiger partial charge >= 0.3 is 0 Å². The lowest BCUT2D eigenvalue weighted by molar-refractivity contribution is 0.0175. The predicted molar refractivity (Wildman–Crippen MR) is 104 cm³/mol. The number of ether oxygens (including phenoxy) is 1. The number of phenols is 1. The van der Waals surface area contributed by atoms with Gasteiger partial charge in [-0.25, -0.2) is 8.78 Å². The van der Waals surface area contributed by atoms with Crippen LogP contribution in [-0.2, 0) is 11.2 Å². The topological polar surface area (TPSA) is 83.1 Å². The van der Waals surface area contributed by atoms with E-state index in [1.165, 1.54) is 0 Å². The summed E-state index contributed by atoms with van der Waals surface area (Å²) in [5.41, 5.74) is 2.94. The molecule has 2 bridgehead atoms. The summed E-state index contributed by atoms with van der Waals surface area (Å²) in [4.78, 5) is 3.28. The molecular formula is C21H22F2N4O2. The highest BCUT2D eigenvalue weighted by atomic mass is 19.3. The molecule has 3 N–H and O–H groups in total. The van der Waals surface area contributed by atoms with E-state index >= 15 is 0 Å². The number of halogens is 2. The Morgan fingerprint density at radius 1 is 1.14 bits per heavy atom. The minimum atomic E-state index is -2.46. The number of nitrogens with one attached hydrogen (secondary N) is 2. The summed E-state index contributed by atoms with van der Waals surface area (Å²) in [7, 11) is 0. The molecule has 1 unspecified atom stereocenters. The largest absolute Gasteiger partial charge is 0.507 e. The van der Waals surface area contributed by atoms with Gasteiger partial charge in [0.1, 0.15) is 5.75 Å². The minimum absolute atomic E-state index is 0.0819. The number of para-hydroxylation sites is 1. The van der Waals surface area contributed by atoms with Gasteiger partial charge in [-0.1, -0.05) is 12.1 Å². The number of fused-ring (bicyclic) bond motifs is 3. The molecule has 3 atom stereocenters. The van der Waals surface area contributed by atoms with E-state index < -0.39 is 6.43 Å². The molecular weight excluding hydrogens is 378 g/mol. The van der Waals surface area contributed by atoms with Crippen LogP contribution in [0.3, 0.4) is 0 Å². The van der Waals surface area contributed by atoms with E-state index in [1.54, 1.807) is 30.3 Å². The highest BCUT2D eigenvalue weighted by Gasteiger charge is 2.35.